The third-order valence-corrected chi connectivity index (χ3v) is 3.72. The first-order chi connectivity index (χ1) is 12.2. The molecular formula is C19H21N5O. The number of aromatic nitrogens is 3. The fraction of sp³-hybridized carbons (Fsp3) is 0.211. The van der Waals surface area contributed by atoms with Crippen molar-refractivity contribution in [1.29, 1.82) is 0 Å². The number of hydrogen-bond acceptors (Lipinski definition) is 6. The molecule has 0 saturated carbocycles. The van der Waals surface area contributed by atoms with E-state index < -0.39 is 0 Å². The predicted molar refractivity (Wildman–Crippen MR) is 98.7 cm³/mol. The van der Waals surface area contributed by atoms with E-state index in [1.165, 1.54) is 11.1 Å². The number of methoxy groups -OCH3 is 1. The molecule has 1 aromatic heterocycles. The predicted octanol–water partition coefficient (Wildman–Crippen LogP) is 3.41. The lowest BCUT2D eigenvalue weighted by Gasteiger charge is -2.08. The molecule has 6 heteroatoms. The Labute approximate surface area is 147 Å². The van der Waals surface area contributed by atoms with Crippen LogP contribution in [0, 0.1) is 6.92 Å². The van der Waals surface area contributed by atoms with Crippen LogP contribution in [0.3, 0.4) is 0 Å². The number of nitrogens with zero attached hydrogens (tertiary/aromatic N) is 3. The highest BCUT2D eigenvalue weighted by Gasteiger charge is 2.02. The van der Waals surface area contributed by atoms with Crippen molar-refractivity contribution < 1.29 is 4.74 Å². The molecule has 25 heavy (non-hydrogen) atoms. The van der Waals surface area contributed by atoms with Crippen LogP contribution in [0.4, 0.5) is 11.8 Å². The molecule has 0 fully saturated rings. The highest BCUT2D eigenvalue weighted by atomic mass is 16.5. The molecule has 0 aliphatic carbocycles. The molecule has 0 radical (unpaired) electrons. The maximum atomic E-state index is 5.16. The van der Waals surface area contributed by atoms with E-state index in [9.17, 15) is 0 Å². The minimum absolute atomic E-state index is 0.501. The summed E-state index contributed by atoms with van der Waals surface area (Å²) in [6, 6.07) is 16.2. The third kappa shape index (κ3) is 4.91. The Morgan fingerprint density at radius 2 is 1.76 bits per heavy atom. The lowest BCUT2D eigenvalue weighted by Crippen LogP contribution is -2.08. The van der Waals surface area contributed by atoms with Crippen LogP contribution in [-0.2, 0) is 13.1 Å². The number of rotatable bonds is 7. The second-order valence-electron chi connectivity index (χ2n) is 5.71. The molecular weight excluding hydrogens is 314 g/mol. The number of ether oxygens (including phenoxy) is 1. The van der Waals surface area contributed by atoms with Gasteiger partial charge in [-0.05, 0) is 30.2 Å². The summed E-state index contributed by atoms with van der Waals surface area (Å²) in [6.45, 7) is 3.39. The highest BCUT2D eigenvalue weighted by Crippen LogP contribution is 2.13. The molecule has 0 bridgehead atoms. The zero-order chi connectivity index (χ0) is 17.5. The first-order valence-corrected chi connectivity index (χ1v) is 8.09. The SMILES string of the molecule is COc1ccc(CNc2cnnc(NCc3cccc(C)c3)n2)cc1. The first-order valence-electron chi connectivity index (χ1n) is 8.09. The normalized spacial score (nSPS) is 10.3. The van der Waals surface area contributed by atoms with Gasteiger partial charge in [0.1, 0.15) is 5.75 Å². The molecule has 128 valence electrons. The number of hydrogen-bond donors (Lipinski definition) is 2. The summed E-state index contributed by atoms with van der Waals surface area (Å²) in [6.07, 6.45) is 1.61. The zero-order valence-corrected chi connectivity index (χ0v) is 14.4. The van der Waals surface area contributed by atoms with Gasteiger partial charge in [0.05, 0.1) is 13.3 Å². The van der Waals surface area contributed by atoms with E-state index in [1.54, 1.807) is 13.3 Å². The van der Waals surface area contributed by atoms with E-state index in [-0.39, 0.29) is 0 Å². The Hall–Kier alpha value is -3.15. The largest absolute Gasteiger partial charge is 0.497 e. The molecule has 0 aliphatic heterocycles. The zero-order valence-electron chi connectivity index (χ0n) is 14.4. The van der Waals surface area contributed by atoms with Crippen LogP contribution >= 0.6 is 0 Å². The fourth-order valence-electron chi connectivity index (χ4n) is 2.40. The first kappa shape index (κ1) is 16.7. The Bertz CT molecular complexity index is 820. The molecule has 0 atom stereocenters. The van der Waals surface area contributed by atoms with Gasteiger partial charge in [-0.2, -0.15) is 10.1 Å². The summed E-state index contributed by atoms with van der Waals surface area (Å²) in [5.74, 6) is 2.02. The van der Waals surface area contributed by atoms with E-state index in [1.807, 2.05) is 30.3 Å². The maximum absolute atomic E-state index is 5.16. The van der Waals surface area contributed by atoms with Crippen LogP contribution in [0.5, 0.6) is 5.75 Å². The number of anilines is 2. The lowest BCUT2D eigenvalue weighted by atomic mass is 10.1. The van der Waals surface area contributed by atoms with E-state index in [0.717, 1.165) is 11.3 Å². The van der Waals surface area contributed by atoms with Gasteiger partial charge in [0.2, 0.25) is 5.95 Å². The van der Waals surface area contributed by atoms with Gasteiger partial charge in [0, 0.05) is 13.1 Å². The standard InChI is InChI=1S/C19H21N5O/c1-14-4-3-5-16(10-14)12-21-19-23-18(13-22-24-19)20-11-15-6-8-17(25-2)9-7-15/h3-10,13H,11-12H2,1-2H3,(H2,20,21,23,24). The van der Waals surface area contributed by atoms with Gasteiger partial charge in [-0.25, -0.2) is 0 Å². The van der Waals surface area contributed by atoms with Crippen molar-refractivity contribution in [1.82, 2.24) is 15.2 Å². The van der Waals surface area contributed by atoms with E-state index >= 15 is 0 Å². The highest BCUT2D eigenvalue weighted by molar-refractivity contribution is 5.39. The minimum Gasteiger partial charge on any atom is -0.497 e. The Kier molecular flexibility index (Phi) is 5.41. The monoisotopic (exact) mass is 335 g/mol. The van der Waals surface area contributed by atoms with Gasteiger partial charge in [-0.15, -0.1) is 5.10 Å². The Balaban J connectivity index is 1.57. The second-order valence-corrected chi connectivity index (χ2v) is 5.71. The summed E-state index contributed by atoms with van der Waals surface area (Å²) < 4.78 is 5.16. The van der Waals surface area contributed by atoms with Crippen molar-refractivity contribution in [3.63, 3.8) is 0 Å². The van der Waals surface area contributed by atoms with Gasteiger partial charge in [0.15, 0.2) is 5.82 Å². The second kappa shape index (κ2) is 8.10. The molecule has 2 aromatic carbocycles. The van der Waals surface area contributed by atoms with Gasteiger partial charge in [-0.1, -0.05) is 42.0 Å². The average molecular weight is 335 g/mol. The molecule has 6 nitrogen and oxygen atoms in total. The average Bonchev–Trinajstić information content (AvgIpc) is 2.65. The third-order valence-electron chi connectivity index (χ3n) is 3.72. The Morgan fingerprint density at radius 1 is 0.960 bits per heavy atom. The van der Waals surface area contributed by atoms with Gasteiger partial charge in [0.25, 0.3) is 0 Å². The fourth-order valence-corrected chi connectivity index (χ4v) is 2.40. The molecule has 0 unspecified atom stereocenters. The van der Waals surface area contributed by atoms with Crippen LogP contribution in [0.25, 0.3) is 0 Å². The van der Waals surface area contributed by atoms with Crippen molar-refractivity contribution in [2.45, 2.75) is 20.0 Å². The van der Waals surface area contributed by atoms with E-state index in [4.69, 9.17) is 4.74 Å². The molecule has 1 heterocycles. The molecule has 0 saturated heterocycles. The van der Waals surface area contributed by atoms with Crippen LogP contribution in [0.2, 0.25) is 0 Å². The Morgan fingerprint density at radius 3 is 2.52 bits per heavy atom. The van der Waals surface area contributed by atoms with Gasteiger partial charge < -0.3 is 15.4 Å². The van der Waals surface area contributed by atoms with Crippen molar-refractivity contribution in [3.05, 3.63) is 71.4 Å². The van der Waals surface area contributed by atoms with Gasteiger partial charge >= 0.3 is 0 Å². The number of nitrogens with one attached hydrogen (secondary N) is 2. The number of benzene rings is 2. The van der Waals surface area contributed by atoms with E-state index in [2.05, 4.69) is 50.9 Å². The number of aryl methyl sites for hydroxylation is 1. The minimum atomic E-state index is 0.501. The summed E-state index contributed by atoms with van der Waals surface area (Å²) >= 11 is 0. The van der Waals surface area contributed by atoms with Gasteiger partial charge in [-0.3, -0.25) is 0 Å². The smallest absolute Gasteiger partial charge is 0.244 e. The van der Waals surface area contributed by atoms with Crippen LogP contribution in [-0.4, -0.2) is 22.3 Å². The molecule has 3 rings (SSSR count). The van der Waals surface area contributed by atoms with Crippen molar-refractivity contribution in [2.75, 3.05) is 17.7 Å². The molecule has 0 spiro atoms. The lowest BCUT2D eigenvalue weighted by molar-refractivity contribution is 0.414. The molecule has 0 aliphatic rings. The van der Waals surface area contributed by atoms with Crippen molar-refractivity contribution >= 4 is 11.8 Å². The molecule has 0 amide bonds. The maximum Gasteiger partial charge on any atom is 0.244 e. The van der Waals surface area contributed by atoms with Crippen molar-refractivity contribution in [3.8, 4) is 5.75 Å². The van der Waals surface area contributed by atoms with Crippen LogP contribution in [0.1, 0.15) is 16.7 Å². The van der Waals surface area contributed by atoms with Crippen molar-refractivity contribution in [2.24, 2.45) is 0 Å². The molecule has 3 aromatic rings. The topological polar surface area (TPSA) is 72.0 Å². The molecule has 2 N–H and O–H groups in total. The van der Waals surface area contributed by atoms with E-state index in [0.29, 0.717) is 24.9 Å². The summed E-state index contributed by atoms with van der Waals surface area (Å²) in [7, 11) is 1.66. The summed E-state index contributed by atoms with van der Waals surface area (Å²) in [5, 5.41) is 14.5. The van der Waals surface area contributed by atoms with Crippen LogP contribution in [0.15, 0.2) is 54.7 Å². The van der Waals surface area contributed by atoms with Crippen LogP contribution < -0.4 is 15.4 Å². The quantitative estimate of drug-likeness (QED) is 0.689. The summed E-state index contributed by atoms with van der Waals surface area (Å²) in [4.78, 5) is 4.44. The summed E-state index contributed by atoms with van der Waals surface area (Å²) in [5.41, 5.74) is 3.54.